The molecule has 4 nitrogen and oxygen atoms in total. The van der Waals surface area contributed by atoms with Crippen molar-refractivity contribution in [2.75, 3.05) is 0 Å². The van der Waals surface area contributed by atoms with Crippen LogP contribution in [0.25, 0.3) is 0 Å². The first-order valence-electron chi connectivity index (χ1n) is 12.4. The Balaban J connectivity index is 1.68. The molecule has 0 aliphatic heterocycles. The summed E-state index contributed by atoms with van der Waals surface area (Å²) in [6.45, 7) is 12.5. The fourth-order valence-corrected chi connectivity index (χ4v) is 8.37. The van der Waals surface area contributed by atoms with Gasteiger partial charge >= 0.3 is 5.97 Å². The van der Waals surface area contributed by atoms with Crippen molar-refractivity contribution >= 4 is 17.5 Å². The molecule has 0 heterocycles. The summed E-state index contributed by atoms with van der Waals surface area (Å²) in [5, 5.41) is 0. The van der Waals surface area contributed by atoms with E-state index in [1.807, 2.05) is 19.9 Å². The van der Waals surface area contributed by atoms with Crippen molar-refractivity contribution in [1.29, 1.82) is 0 Å². The molecule has 0 radical (unpaired) electrons. The number of Topliss-reactive ketones (excluding diaryl/α,β-unsaturated/α-hetero) is 1. The van der Waals surface area contributed by atoms with Crippen LogP contribution in [0, 0.1) is 40.4 Å². The topological polar surface area (TPSA) is 60.4 Å². The van der Waals surface area contributed by atoms with Gasteiger partial charge in [0.15, 0.2) is 17.2 Å². The highest BCUT2D eigenvalue weighted by Crippen LogP contribution is 2.69. The highest BCUT2D eigenvalue weighted by atomic mass is 16.6. The van der Waals surface area contributed by atoms with E-state index in [4.69, 9.17) is 4.74 Å². The minimum absolute atomic E-state index is 0.0203. The van der Waals surface area contributed by atoms with Crippen LogP contribution in [0.15, 0.2) is 11.6 Å². The first-order valence-corrected chi connectivity index (χ1v) is 12.4. The smallest absolute Gasteiger partial charge is 0.307 e. The first kappa shape index (κ1) is 22.7. The Labute approximate surface area is 187 Å². The van der Waals surface area contributed by atoms with E-state index in [9.17, 15) is 14.4 Å². The number of hydrogen-bond donors (Lipinski definition) is 0. The summed E-state index contributed by atoms with van der Waals surface area (Å²) in [7, 11) is 0. The van der Waals surface area contributed by atoms with Gasteiger partial charge in [-0.25, -0.2) is 0 Å². The number of rotatable bonds is 4. The Bertz CT molecular complexity index is 825. The molecule has 0 aromatic heterocycles. The molecule has 1 unspecified atom stereocenters. The fraction of sp³-hybridized carbons (Fsp3) is 0.815. The van der Waals surface area contributed by atoms with E-state index < -0.39 is 5.60 Å². The van der Waals surface area contributed by atoms with E-state index in [0.29, 0.717) is 42.9 Å². The monoisotopic (exact) mass is 428 g/mol. The van der Waals surface area contributed by atoms with Gasteiger partial charge in [-0.3, -0.25) is 14.4 Å². The van der Waals surface area contributed by atoms with Gasteiger partial charge < -0.3 is 4.74 Å². The lowest BCUT2D eigenvalue weighted by Gasteiger charge is -2.60. The van der Waals surface area contributed by atoms with Gasteiger partial charge in [0.05, 0.1) is 0 Å². The van der Waals surface area contributed by atoms with Gasteiger partial charge in [-0.1, -0.05) is 40.2 Å². The van der Waals surface area contributed by atoms with E-state index in [2.05, 4.69) is 20.8 Å². The average Bonchev–Trinajstić information content (AvgIpc) is 2.96. The predicted molar refractivity (Wildman–Crippen MR) is 120 cm³/mol. The van der Waals surface area contributed by atoms with Gasteiger partial charge in [-0.15, -0.1) is 0 Å². The molecule has 7 atom stereocenters. The Kier molecular flexibility index (Phi) is 5.54. The van der Waals surface area contributed by atoms with Gasteiger partial charge in [-0.05, 0) is 86.5 Å². The SMILES string of the molecule is CC(=O)C1(OC(=O)CC(C)C)CC[C@H]2[C@@H]3C[C@H](C)C4=CC(=O)CC[C@]4(C)[C@H]3CC[C@@]21C. The van der Waals surface area contributed by atoms with Gasteiger partial charge in [0.2, 0.25) is 0 Å². The zero-order valence-electron chi connectivity index (χ0n) is 20.3. The Hall–Kier alpha value is -1.45. The maximum absolute atomic E-state index is 13.1. The third kappa shape index (κ3) is 3.26. The molecule has 0 aromatic rings. The third-order valence-electron chi connectivity index (χ3n) is 9.83. The molecular weight excluding hydrogens is 388 g/mol. The summed E-state index contributed by atoms with van der Waals surface area (Å²) in [4.78, 5) is 38.0. The zero-order chi connectivity index (χ0) is 22.8. The quantitative estimate of drug-likeness (QED) is 0.540. The van der Waals surface area contributed by atoms with E-state index in [0.717, 1.165) is 32.1 Å². The van der Waals surface area contributed by atoms with E-state index in [1.165, 1.54) is 5.57 Å². The number of fused-ring (bicyclic) bond motifs is 5. The number of carbonyl (C=O) groups is 3. The van der Waals surface area contributed by atoms with Crippen molar-refractivity contribution in [3.05, 3.63) is 11.6 Å². The van der Waals surface area contributed by atoms with Crippen LogP contribution in [0.4, 0.5) is 0 Å². The van der Waals surface area contributed by atoms with Gasteiger partial charge in [0.1, 0.15) is 0 Å². The van der Waals surface area contributed by atoms with Gasteiger partial charge in [-0.2, -0.15) is 0 Å². The lowest BCUT2D eigenvalue weighted by atomic mass is 9.44. The standard InChI is InChI=1S/C27H40O4/c1-16(2)13-24(30)31-27(18(4)28)12-9-22-20-14-17(3)23-15-19(29)7-10-25(23,5)21(20)8-11-26(22,27)6/h15-17,20-22H,7-14H2,1-6H3/t17-,20+,21-,22-,25+,26-,27?/m0/s1. The molecule has 3 saturated carbocycles. The van der Waals surface area contributed by atoms with E-state index in [1.54, 1.807) is 6.92 Å². The second-order valence-electron chi connectivity index (χ2n) is 11.9. The van der Waals surface area contributed by atoms with Gasteiger partial charge in [0, 0.05) is 18.3 Å². The Morgan fingerprint density at radius 1 is 1.13 bits per heavy atom. The number of carbonyl (C=O) groups excluding carboxylic acids is 3. The van der Waals surface area contributed by atoms with Crippen molar-refractivity contribution < 1.29 is 19.1 Å². The largest absolute Gasteiger partial charge is 0.450 e. The lowest BCUT2D eigenvalue weighted by Crippen LogP contribution is -2.59. The fourth-order valence-electron chi connectivity index (χ4n) is 8.37. The molecule has 0 aromatic carbocycles. The molecule has 3 fully saturated rings. The number of esters is 1. The number of allylic oxidation sites excluding steroid dienone is 1. The van der Waals surface area contributed by atoms with Crippen LogP contribution >= 0.6 is 0 Å². The summed E-state index contributed by atoms with van der Waals surface area (Å²) in [6, 6.07) is 0. The molecule has 31 heavy (non-hydrogen) atoms. The average molecular weight is 429 g/mol. The van der Waals surface area contributed by atoms with Crippen LogP contribution in [-0.4, -0.2) is 23.1 Å². The first-order chi connectivity index (χ1) is 14.4. The van der Waals surface area contributed by atoms with Crippen molar-refractivity contribution in [3.8, 4) is 0 Å². The Morgan fingerprint density at radius 3 is 2.45 bits per heavy atom. The van der Waals surface area contributed by atoms with Crippen LogP contribution in [0.2, 0.25) is 0 Å². The van der Waals surface area contributed by atoms with Crippen LogP contribution in [0.3, 0.4) is 0 Å². The van der Waals surface area contributed by atoms with Crippen molar-refractivity contribution in [3.63, 3.8) is 0 Å². The second kappa shape index (κ2) is 7.56. The number of ether oxygens (including phenoxy) is 1. The third-order valence-corrected chi connectivity index (χ3v) is 9.83. The van der Waals surface area contributed by atoms with E-state index in [-0.39, 0.29) is 34.3 Å². The molecule has 4 rings (SSSR count). The second-order valence-corrected chi connectivity index (χ2v) is 11.9. The highest BCUT2D eigenvalue weighted by Gasteiger charge is 2.68. The summed E-state index contributed by atoms with van der Waals surface area (Å²) < 4.78 is 6.15. The molecular formula is C27H40O4. The van der Waals surface area contributed by atoms with Crippen LogP contribution in [-0.2, 0) is 19.1 Å². The van der Waals surface area contributed by atoms with Crippen molar-refractivity contribution in [2.24, 2.45) is 40.4 Å². The molecule has 0 bridgehead atoms. The summed E-state index contributed by atoms with van der Waals surface area (Å²) >= 11 is 0. The molecule has 0 spiro atoms. The van der Waals surface area contributed by atoms with Crippen LogP contribution in [0.5, 0.6) is 0 Å². The predicted octanol–water partition coefficient (Wildman–Crippen LogP) is 5.68. The minimum Gasteiger partial charge on any atom is -0.450 e. The maximum atomic E-state index is 13.1. The summed E-state index contributed by atoms with van der Waals surface area (Å²) in [5.74, 6) is 2.15. The Morgan fingerprint density at radius 2 is 1.81 bits per heavy atom. The van der Waals surface area contributed by atoms with Crippen molar-refractivity contribution in [2.45, 2.75) is 98.5 Å². The minimum atomic E-state index is -0.975. The maximum Gasteiger partial charge on any atom is 0.307 e. The number of hydrogen-bond acceptors (Lipinski definition) is 4. The molecule has 0 N–H and O–H groups in total. The summed E-state index contributed by atoms with van der Waals surface area (Å²) in [5.41, 5.74) is 0.187. The molecule has 0 amide bonds. The molecule has 0 saturated heterocycles. The van der Waals surface area contributed by atoms with Crippen molar-refractivity contribution in [1.82, 2.24) is 0 Å². The molecule has 4 aliphatic carbocycles. The molecule has 4 heteroatoms. The number of ketones is 2. The van der Waals surface area contributed by atoms with E-state index >= 15 is 0 Å². The summed E-state index contributed by atoms with van der Waals surface area (Å²) in [6.07, 6.45) is 8.57. The van der Waals surface area contributed by atoms with Gasteiger partial charge in [0.25, 0.3) is 0 Å². The van der Waals surface area contributed by atoms with Crippen LogP contribution in [0.1, 0.15) is 92.9 Å². The lowest BCUT2D eigenvalue weighted by molar-refractivity contribution is -0.190. The van der Waals surface area contributed by atoms with Crippen LogP contribution < -0.4 is 0 Å². The molecule has 4 aliphatic rings. The molecule has 172 valence electrons. The highest BCUT2D eigenvalue weighted by molar-refractivity contribution is 5.92. The zero-order valence-corrected chi connectivity index (χ0v) is 20.3. The normalized spacial score (nSPS) is 44.2.